The Morgan fingerprint density at radius 3 is 2.26 bits per heavy atom. The van der Waals surface area contributed by atoms with Gasteiger partial charge >= 0.3 is 0 Å². The second kappa shape index (κ2) is 7.29. The lowest BCUT2D eigenvalue weighted by Gasteiger charge is -2.28. The lowest BCUT2D eigenvalue weighted by Crippen LogP contribution is -2.13. The smallest absolute Gasteiger partial charge is 0.131 e. The van der Waals surface area contributed by atoms with Crippen molar-refractivity contribution in [3.05, 3.63) is 59.4 Å². The Labute approximate surface area is 139 Å². The van der Waals surface area contributed by atoms with E-state index in [1.807, 2.05) is 19.1 Å². The quantitative estimate of drug-likeness (QED) is 0.577. The third-order valence-corrected chi connectivity index (χ3v) is 5.36. The molecule has 122 valence electrons. The van der Waals surface area contributed by atoms with Crippen LogP contribution in [0.4, 0.5) is 4.39 Å². The summed E-state index contributed by atoms with van der Waals surface area (Å²) >= 11 is 0. The van der Waals surface area contributed by atoms with Crippen LogP contribution in [-0.4, -0.2) is 0 Å². The molecule has 1 aliphatic rings. The van der Waals surface area contributed by atoms with Crippen LogP contribution in [0.15, 0.2) is 42.5 Å². The van der Waals surface area contributed by atoms with Gasteiger partial charge in [-0.2, -0.15) is 0 Å². The van der Waals surface area contributed by atoms with E-state index in [9.17, 15) is 4.39 Å². The molecule has 0 heterocycles. The molecule has 1 aliphatic carbocycles. The molecule has 0 N–H and O–H groups in total. The van der Waals surface area contributed by atoms with Crippen molar-refractivity contribution in [2.24, 2.45) is 5.92 Å². The zero-order valence-electron chi connectivity index (χ0n) is 14.3. The Hall–Kier alpha value is -1.63. The van der Waals surface area contributed by atoms with E-state index in [0.29, 0.717) is 11.5 Å². The summed E-state index contributed by atoms with van der Waals surface area (Å²) in [5.41, 5.74) is 4.07. The van der Waals surface area contributed by atoms with Crippen molar-refractivity contribution in [3.8, 4) is 11.1 Å². The number of benzene rings is 2. The first-order chi connectivity index (χ1) is 11.2. The molecule has 0 bridgehead atoms. The van der Waals surface area contributed by atoms with E-state index in [1.54, 1.807) is 6.07 Å². The summed E-state index contributed by atoms with van der Waals surface area (Å²) in [5, 5.41) is 0. The van der Waals surface area contributed by atoms with Crippen LogP contribution in [-0.2, 0) is 0 Å². The van der Waals surface area contributed by atoms with Gasteiger partial charge in [0.25, 0.3) is 0 Å². The van der Waals surface area contributed by atoms with Gasteiger partial charge in [0.1, 0.15) is 5.82 Å². The van der Waals surface area contributed by atoms with Gasteiger partial charge in [0.2, 0.25) is 0 Å². The minimum absolute atomic E-state index is 0.127. The van der Waals surface area contributed by atoms with E-state index in [1.165, 1.54) is 44.1 Å². The zero-order valence-corrected chi connectivity index (χ0v) is 14.3. The summed E-state index contributed by atoms with van der Waals surface area (Å²) in [6.07, 6.45) is 8.05. The van der Waals surface area contributed by atoms with E-state index in [0.717, 1.165) is 17.0 Å². The molecule has 0 saturated heterocycles. The maximum absolute atomic E-state index is 14.1. The first kappa shape index (κ1) is 16.2. The van der Waals surface area contributed by atoms with Crippen molar-refractivity contribution < 1.29 is 4.39 Å². The zero-order chi connectivity index (χ0) is 16.2. The molecule has 0 spiro atoms. The molecule has 23 heavy (non-hydrogen) atoms. The molecule has 0 aliphatic heterocycles. The van der Waals surface area contributed by atoms with Crippen LogP contribution in [0.25, 0.3) is 11.1 Å². The van der Waals surface area contributed by atoms with Crippen molar-refractivity contribution in [2.45, 2.75) is 58.3 Å². The standard InChI is InChI=1S/C22H27F/c1-3-4-17-6-8-18(9-7-17)19-10-12-20(13-11-19)21-14-5-16(2)15-22(21)23/h5,10-15,17-18H,3-4,6-9H2,1-2H3. The Morgan fingerprint density at radius 2 is 1.65 bits per heavy atom. The minimum Gasteiger partial charge on any atom is -0.206 e. The average Bonchev–Trinajstić information content (AvgIpc) is 2.56. The molecule has 0 atom stereocenters. The van der Waals surface area contributed by atoms with E-state index in [2.05, 4.69) is 31.2 Å². The molecular formula is C22H27F. The lowest BCUT2D eigenvalue weighted by molar-refractivity contribution is 0.308. The van der Waals surface area contributed by atoms with Crippen LogP contribution in [0.5, 0.6) is 0 Å². The Kier molecular flexibility index (Phi) is 5.15. The largest absolute Gasteiger partial charge is 0.206 e. The normalized spacial score (nSPS) is 21.3. The van der Waals surface area contributed by atoms with Crippen molar-refractivity contribution in [1.82, 2.24) is 0 Å². The summed E-state index contributed by atoms with van der Waals surface area (Å²) in [7, 11) is 0. The molecular weight excluding hydrogens is 283 g/mol. The second-order valence-corrected chi connectivity index (χ2v) is 7.11. The highest BCUT2D eigenvalue weighted by atomic mass is 19.1. The maximum atomic E-state index is 14.1. The van der Waals surface area contributed by atoms with Gasteiger partial charge < -0.3 is 0 Å². The highest BCUT2D eigenvalue weighted by Gasteiger charge is 2.21. The third kappa shape index (κ3) is 3.83. The predicted octanol–water partition coefficient (Wildman–Crippen LogP) is 6.88. The van der Waals surface area contributed by atoms with Gasteiger partial charge in [-0.1, -0.05) is 56.2 Å². The lowest BCUT2D eigenvalue weighted by atomic mass is 9.77. The fourth-order valence-electron chi connectivity index (χ4n) is 3.98. The van der Waals surface area contributed by atoms with Crippen LogP contribution in [0.1, 0.15) is 62.5 Å². The Balaban J connectivity index is 1.70. The fourth-order valence-corrected chi connectivity index (χ4v) is 3.98. The molecule has 2 aromatic carbocycles. The first-order valence-corrected chi connectivity index (χ1v) is 9.04. The predicted molar refractivity (Wildman–Crippen MR) is 96.2 cm³/mol. The molecule has 0 unspecified atom stereocenters. The van der Waals surface area contributed by atoms with Crippen LogP contribution in [0.3, 0.4) is 0 Å². The highest BCUT2D eigenvalue weighted by molar-refractivity contribution is 5.64. The van der Waals surface area contributed by atoms with Crippen LogP contribution < -0.4 is 0 Å². The Bertz CT molecular complexity index is 634. The van der Waals surface area contributed by atoms with Crippen LogP contribution in [0.2, 0.25) is 0 Å². The van der Waals surface area contributed by atoms with Gasteiger partial charge in [0.05, 0.1) is 0 Å². The average molecular weight is 310 g/mol. The summed E-state index contributed by atoms with van der Waals surface area (Å²) in [6.45, 7) is 4.21. The molecule has 1 saturated carbocycles. The summed E-state index contributed by atoms with van der Waals surface area (Å²) < 4.78 is 14.1. The molecule has 0 aromatic heterocycles. The van der Waals surface area contributed by atoms with E-state index >= 15 is 0 Å². The van der Waals surface area contributed by atoms with Crippen molar-refractivity contribution in [3.63, 3.8) is 0 Å². The summed E-state index contributed by atoms with van der Waals surface area (Å²) in [5.74, 6) is 1.51. The number of hydrogen-bond donors (Lipinski definition) is 0. The monoisotopic (exact) mass is 310 g/mol. The molecule has 0 nitrogen and oxygen atoms in total. The van der Waals surface area contributed by atoms with Gasteiger partial charge in [0, 0.05) is 5.56 Å². The first-order valence-electron chi connectivity index (χ1n) is 9.04. The number of aryl methyl sites for hydroxylation is 1. The minimum atomic E-state index is -0.127. The van der Waals surface area contributed by atoms with E-state index in [-0.39, 0.29) is 5.82 Å². The number of halogens is 1. The Morgan fingerprint density at radius 1 is 0.957 bits per heavy atom. The SMILES string of the molecule is CCCC1CCC(c2ccc(-c3ccc(C)cc3F)cc2)CC1. The number of hydrogen-bond acceptors (Lipinski definition) is 0. The van der Waals surface area contributed by atoms with Gasteiger partial charge in [0.15, 0.2) is 0 Å². The third-order valence-electron chi connectivity index (χ3n) is 5.36. The summed E-state index contributed by atoms with van der Waals surface area (Å²) in [6, 6.07) is 14.1. The van der Waals surface area contributed by atoms with Crippen molar-refractivity contribution in [2.75, 3.05) is 0 Å². The molecule has 0 amide bonds. The van der Waals surface area contributed by atoms with Gasteiger partial charge in [-0.3, -0.25) is 0 Å². The molecule has 0 radical (unpaired) electrons. The molecule has 3 rings (SSSR count). The van der Waals surface area contributed by atoms with Crippen LogP contribution >= 0.6 is 0 Å². The molecule has 1 heteroatoms. The molecule has 1 fully saturated rings. The van der Waals surface area contributed by atoms with Crippen LogP contribution in [0, 0.1) is 18.7 Å². The van der Waals surface area contributed by atoms with Gasteiger partial charge in [-0.25, -0.2) is 4.39 Å². The van der Waals surface area contributed by atoms with E-state index in [4.69, 9.17) is 0 Å². The van der Waals surface area contributed by atoms with Crippen molar-refractivity contribution in [1.29, 1.82) is 0 Å². The highest BCUT2D eigenvalue weighted by Crippen LogP contribution is 2.38. The maximum Gasteiger partial charge on any atom is 0.131 e. The van der Waals surface area contributed by atoms with E-state index < -0.39 is 0 Å². The van der Waals surface area contributed by atoms with Crippen molar-refractivity contribution >= 4 is 0 Å². The number of rotatable bonds is 4. The van der Waals surface area contributed by atoms with Gasteiger partial charge in [-0.05, 0) is 67.2 Å². The fraction of sp³-hybridized carbons (Fsp3) is 0.455. The molecule has 2 aromatic rings. The van der Waals surface area contributed by atoms with Gasteiger partial charge in [-0.15, -0.1) is 0 Å². The summed E-state index contributed by atoms with van der Waals surface area (Å²) in [4.78, 5) is 0. The second-order valence-electron chi connectivity index (χ2n) is 7.11. The topological polar surface area (TPSA) is 0 Å².